The van der Waals surface area contributed by atoms with Crippen molar-refractivity contribution in [2.75, 3.05) is 7.05 Å². The van der Waals surface area contributed by atoms with Crippen molar-refractivity contribution in [1.29, 1.82) is 0 Å². The maximum Gasteiger partial charge on any atom is 0.329 e. The highest BCUT2D eigenvalue weighted by molar-refractivity contribution is 5.86. The second-order valence-electron chi connectivity index (χ2n) is 7.03. The van der Waals surface area contributed by atoms with Gasteiger partial charge in [-0.3, -0.25) is 0 Å². The third kappa shape index (κ3) is 3.64. The summed E-state index contributed by atoms with van der Waals surface area (Å²) in [6.45, 7) is 8.17. The van der Waals surface area contributed by atoms with Crippen LogP contribution >= 0.6 is 0 Å². The van der Waals surface area contributed by atoms with Crippen molar-refractivity contribution in [2.45, 2.75) is 71.4 Å². The fourth-order valence-electron chi connectivity index (χ4n) is 2.60. The summed E-state index contributed by atoms with van der Waals surface area (Å²) < 4.78 is 0. The molecule has 0 saturated heterocycles. The fraction of sp³-hybridized carbons (Fsp3) is 0.867. The lowest BCUT2D eigenvalue weighted by Gasteiger charge is -2.39. The molecule has 116 valence electrons. The summed E-state index contributed by atoms with van der Waals surface area (Å²) in [5.74, 6) is -0.914. The molecule has 1 unspecified atom stereocenters. The van der Waals surface area contributed by atoms with E-state index in [1.165, 1.54) is 0 Å². The number of carbonyl (C=O) groups is 2. The van der Waals surface area contributed by atoms with Crippen molar-refractivity contribution in [1.82, 2.24) is 10.2 Å². The van der Waals surface area contributed by atoms with Gasteiger partial charge < -0.3 is 15.3 Å². The van der Waals surface area contributed by atoms with E-state index >= 15 is 0 Å². The molecule has 0 aromatic heterocycles. The first-order valence-corrected chi connectivity index (χ1v) is 7.38. The van der Waals surface area contributed by atoms with Crippen LogP contribution in [0, 0.1) is 5.41 Å². The SMILES string of the molecule is CC(N(C)C(=O)NC1(C(=O)O)CCCCC1)C(C)(C)C. The Kier molecular flexibility index (Phi) is 5.05. The van der Waals surface area contributed by atoms with E-state index in [0.29, 0.717) is 12.8 Å². The molecule has 0 radical (unpaired) electrons. The number of hydrogen-bond acceptors (Lipinski definition) is 2. The van der Waals surface area contributed by atoms with E-state index < -0.39 is 11.5 Å². The molecule has 1 saturated carbocycles. The summed E-state index contributed by atoms with van der Waals surface area (Å²) in [6.07, 6.45) is 3.78. The molecule has 0 heterocycles. The molecule has 0 spiro atoms. The van der Waals surface area contributed by atoms with Crippen LogP contribution in [0.4, 0.5) is 4.79 Å². The summed E-state index contributed by atoms with van der Waals surface area (Å²) in [4.78, 5) is 25.5. The Balaban J connectivity index is 2.79. The first-order valence-electron chi connectivity index (χ1n) is 7.38. The minimum Gasteiger partial charge on any atom is -0.480 e. The second kappa shape index (κ2) is 6.02. The minimum atomic E-state index is -1.08. The highest BCUT2D eigenvalue weighted by Crippen LogP contribution is 2.29. The van der Waals surface area contributed by atoms with Gasteiger partial charge in [0.2, 0.25) is 0 Å². The van der Waals surface area contributed by atoms with Crippen LogP contribution in [-0.2, 0) is 4.79 Å². The Morgan fingerprint density at radius 1 is 1.20 bits per heavy atom. The number of nitrogens with one attached hydrogen (secondary N) is 1. The maximum absolute atomic E-state index is 12.4. The average molecular weight is 284 g/mol. The van der Waals surface area contributed by atoms with Gasteiger partial charge in [-0.1, -0.05) is 40.0 Å². The molecular formula is C15H28N2O3. The van der Waals surface area contributed by atoms with Crippen molar-refractivity contribution in [3.63, 3.8) is 0 Å². The van der Waals surface area contributed by atoms with Gasteiger partial charge in [0.25, 0.3) is 0 Å². The lowest BCUT2D eigenvalue weighted by Crippen LogP contribution is -2.60. The first-order chi connectivity index (χ1) is 9.10. The predicted octanol–water partition coefficient (Wildman–Crippen LogP) is 2.85. The van der Waals surface area contributed by atoms with Crippen LogP contribution in [0.15, 0.2) is 0 Å². The van der Waals surface area contributed by atoms with E-state index in [-0.39, 0.29) is 17.5 Å². The normalized spacial score (nSPS) is 20.1. The number of rotatable bonds is 3. The van der Waals surface area contributed by atoms with Crippen LogP contribution in [0.25, 0.3) is 0 Å². The van der Waals surface area contributed by atoms with Crippen LogP contribution in [0.1, 0.15) is 59.8 Å². The molecule has 0 bridgehead atoms. The predicted molar refractivity (Wildman–Crippen MR) is 78.7 cm³/mol. The van der Waals surface area contributed by atoms with E-state index in [2.05, 4.69) is 26.1 Å². The molecule has 5 nitrogen and oxygen atoms in total. The van der Waals surface area contributed by atoms with Gasteiger partial charge in [0.05, 0.1) is 0 Å². The number of carbonyl (C=O) groups excluding carboxylic acids is 1. The van der Waals surface area contributed by atoms with Gasteiger partial charge in [-0.2, -0.15) is 0 Å². The van der Waals surface area contributed by atoms with Crippen molar-refractivity contribution in [2.24, 2.45) is 5.41 Å². The molecule has 1 aliphatic carbocycles. The molecule has 5 heteroatoms. The van der Waals surface area contributed by atoms with Crippen LogP contribution in [0.2, 0.25) is 0 Å². The molecule has 0 aromatic rings. The zero-order chi connectivity index (χ0) is 15.6. The lowest BCUT2D eigenvalue weighted by molar-refractivity contribution is -0.146. The van der Waals surface area contributed by atoms with E-state index in [9.17, 15) is 14.7 Å². The van der Waals surface area contributed by atoms with E-state index in [1.807, 2.05) is 6.92 Å². The standard InChI is InChI=1S/C15H28N2O3/c1-11(14(2,3)4)17(5)13(20)16-15(12(18)19)9-7-6-8-10-15/h11H,6-10H2,1-5H3,(H,16,20)(H,18,19). The monoisotopic (exact) mass is 284 g/mol. The van der Waals surface area contributed by atoms with Crippen molar-refractivity contribution in [3.8, 4) is 0 Å². The Morgan fingerprint density at radius 3 is 2.10 bits per heavy atom. The zero-order valence-corrected chi connectivity index (χ0v) is 13.3. The minimum absolute atomic E-state index is 0.0249. The number of nitrogens with zero attached hydrogens (tertiary/aromatic N) is 1. The number of amides is 2. The molecule has 2 N–H and O–H groups in total. The molecule has 20 heavy (non-hydrogen) atoms. The summed E-state index contributed by atoms with van der Waals surface area (Å²) in [6, 6.07) is -0.270. The van der Waals surface area contributed by atoms with E-state index in [4.69, 9.17) is 0 Å². The molecule has 1 fully saturated rings. The Labute approximate surface area is 121 Å². The first kappa shape index (κ1) is 16.8. The zero-order valence-electron chi connectivity index (χ0n) is 13.3. The van der Waals surface area contributed by atoms with Gasteiger partial charge in [-0.05, 0) is 25.2 Å². The van der Waals surface area contributed by atoms with E-state index in [1.54, 1.807) is 11.9 Å². The molecule has 0 aromatic carbocycles. The smallest absolute Gasteiger partial charge is 0.329 e. The van der Waals surface area contributed by atoms with Crippen LogP contribution in [0.5, 0.6) is 0 Å². The van der Waals surface area contributed by atoms with Crippen LogP contribution in [0.3, 0.4) is 0 Å². The third-order valence-corrected chi connectivity index (χ3v) is 4.62. The van der Waals surface area contributed by atoms with Crippen molar-refractivity contribution >= 4 is 12.0 Å². The largest absolute Gasteiger partial charge is 0.480 e. The summed E-state index contributed by atoms with van der Waals surface area (Å²) in [5.41, 5.74) is -1.13. The van der Waals surface area contributed by atoms with Crippen LogP contribution < -0.4 is 5.32 Å². The summed E-state index contributed by atoms with van der Waals surface area (Å²) >= 11 is 0. The van der Waals surface area contributed by atoms with Gasteiger partial charge in [-0.25, -0.2) is 9.59 Å². The molecule has 2 amide bonds. The topological polar surface area (TPSA) is 69.6 Å². The van der Waals surface area contributed by atoms with Crippen molar-refractivity contribution in [3.05, 3.63) is 0 Å². The quantitative estimate of drug-likeness (QED) is 0.837. The Bertz CT molecular complexity index is 368. The molecule has 1 aliphatic rings. The number of carboxylic acids is 1. The summed E-state index contributed by atoms with van der Waals surface area (Å²) in [5, 5.41) is 12.3. The molecule has 0 aliphatic heterocycles. The molecule has 1 rings (SSSR count). The fourth-order valence-corrected chi connectivity index (χ4v) is 2.60. The Morgan fingerprint density at radius 2 is 1.70 bits per heavy atom. The van der Waals surface area contributed by atoms with Gasteiger partial charge in [0.1, 0.15) is 5.54 Å². The van der Waals surface area contributed by atoms with Gasteiger partial charge in [0.15, 0.2) is 0 Å². The van der Waals surface area contributed by atoms with Gasteiger partial charge in [-0.15, -0.1) is 0 Å². The number of aliphatic carboxylic acids is 1. The highest BCUT2D eigenvalue weighted by Gasteiger charge is 2.42. The third-order valence-electron chi connectivity index (χ3n) is 4.62. The number of urea groups is 1. The van der Waals surface area contributed by atoms with Crippen LogP contribution in [-0.4, -0.2) is 40.6 Å². The second-order valence-corrected chi connectivity index (χ2v) is 7.03. The molecular weight excluding hydrogens is 256 g/mol. The van der Waals surface area contributed by atoms with E-state index in [0.717, 1.165) is 19.3 Å². The lowest BCUT2D eigenvalue weighted by atomic mass is 9.81. The number of hydrogen-bond donors (Lipinski definition) is 2. The maximum atomic E-state index is 12.4. The Hall–Kier alpha value is -1.26. The average Bonchev–Trinajstić information content (AvgIpc) is 2.36. The van der Waals surface area contributed by atoms with Crippen molar-refractivity contribution < 1.29 is 14.7 Å². The summed E-state index contributed by atoms with van der Waals surface area (Å²) in [7, 11) is 1.73. The van der Waals surface area contributed by atoms with Gasteiger partial charge >= 0.3 is 12.0 Å². The molecule has 1 atom stereocenters. The highest BCUT2D eigenvalue weighted by atomic mass is 16.4. The number of carboxylic acid groups (broad SMARTS) is 1. The van der Waals surface area contributed by atoms with Gasteiger partial charge in [0, 0.05) is 13.1 Å².